The molecule has 138 valence electrons. The topological polar surface area (TPSA) is 61.7 Å². The van der Waals surface area contributed by atoms with E-state index in [9.17, 15) is 9.90 Å². The van der Waals surface area contributed by atoms with Crippen LogP contribution in [0, 0.1) is 0 Å². The molecule has 2 N–H and O–H groups in total. The van der Waals surface area contributed by atoms with E-state index >= 15 is 0 Å². The Morgan fingerprint density at radius 3 is 1.71 bits per heavy atom. The molecule has 1 rings (SSSR count). The zero-order valence-electron chi connectivity index (χ0n) is 14.8. The van der Waals surface area contributed by atoms with Crippen LogP contribution in [0.25, 0.3) is 0 Å². The van der Waals surface area contributed by atoms with E-state index in [4.69, 9.17) is 4.66 Å². The zero-order chi connectivity index (χ0) is 15.6. The van der Waals surface area contributed by atoms with Crippen molar-refractivity contribution in [2.24, 2.45) is 4.66 Å². The number of hydrogen-bond donors (Lipinski definition) is 2. The molecule has 0 amide bonds. The molecular formula is C14H27Cl3N2O2Si2Ti. The SMILES string of the molecule is C[Si](C)(C)N=C(N[Si](C)(C)C)c1ccccc1C(=O)O.Cl.Cl.Cl.[Ti]. The van der Waals surface area contributed by atoms with Crippen molar-refractivity contribution in [1.29, 1.82) is 0 Å². The number of aromatic carboxylic acids is 1. The third-order valence-corrected chi connectivity index (χ3v) is 4.23. The molecule has 0 aliphatic carbocycles. The molecule has 0 spiro atoms. The van der Waals surface area contributed by atoms with E-state index in [0.29, 0.717) is 11.1 Å². The van der Waals surface area contributed by atoms with Crippen molar-refractivity contribution in [1.82, 2.24) is 4.98 Å². The second-order valence-electron chi connectivity index (χ2n) is 6.86. The van der Waals surface area contributed by atoms with Crippen LogP contribution in [0.3, 0.4) is 0 Å². The normalized spacial score (nSPS) is 11.0. The third kappa shape index (κ3) is 11.7. The predicted molar refractivity (Wildman–Crippen MR) is 112 cm³/mol. The van der Waals surface area contributed by atoms with Crippen LogP contribution in [0.15, 0.2) is 28.9 Å². The van der Waals surface area contributed by atoms with Gasteiger partial charge in [-0.25, -0.2) is 4.79 Å². The Morgan fingerprint density at radius 1 is 0.958 bits per heavy atom. The minimum absolute atomic E-state index is 0. The quantitative estimate of drug-likeness (QED) is 0.386. The van der Waals surface area contributed by atoms with Gasteiger partial charge in [-0.2, -0.15) is 0 Å². The maximum atomic E-state index is 11.4. The Kier molecular flexibility index (Phi) is 16.6. The van der Waals surface area contributed by atoms with Crippen LogP contribution in [0.2, 0.25) is 39.3 Å². The van der Waals surface area contributed by atoms with Gasteiger partial charge in [-0.1, -0.05) is 37.8 Å². The van der Waals surface area contributed by atoms with Crippen LogP contribution in [0.5, 0.6) is 0 Å². The maximum Gasteiger partial charge on any atom is 0.336 e. The largest absolute Gasteiger partial charge is 0.478 e. The number of rotatable bonds is 4. The van der Waals surface area contributed by atoms with E-state index in [-0.39, 0.29) is 58.9 Å². The molecule has 0 bridgehead atoms. The second kappa shape index (κ2) is 12.5. The van der Waals surface area contributed by atoms with E-state index in [1.54, 1.807) is 12.1 Å². The summed E-state index contributed by atoms with van der Waals surface area (Å²) in [6.07, 6.45) is 0. The molecule has 0 fully saturated rings. The number of carbonyl (C=O) groups is 1. The van der Waals surface area contributed by atoms with Crippen LogP contribution in [-0.2, 0) is 21.7 Å². The number of hydrogen-bond acceptors (Lipinski definition) is 2. The summed E-state index contributed by atoms with van der Waals surface area (Å²) in [7, 11) is -3.32. The first-order chi connectivity index (χ1) is 8.99. The van der Waals surface area contributed by atoms with Gasteiger partial charge in [-0.3, -0.25) is 0 Å². The molecule has 0 aliphatic rings. The van der Waals surface area contributed by atoms with Crippen molar-refractivity contribution in [2.75, 3.05) is 0 Å². The van der Waals surface area contributed by atoms with Crippen molar-refractivity contribution in [3.8, 4) is 0 Å². The number of nitrogens with one attached hydrogen (secondary N) is 1. The summed E-state index contributed by atoms with van der Waals surface area (Å²) in [6.45, 7) is 13.0. The molecule has 1 aromatic rings. The molecule has 0 saturated heterocycles. The van der Waals surface area contributed by atoms with Crippen molar-refractivity contribution in [3.63, 3.8) is 0 Å². The number of carboxylic acid groups (broad SMARTS) is 1. The van der Waals surface area contributed by atoms with E-state index in [2.05, 4.69) is 44.3 Å². The summed E-state index contributed by atoms with van der Waals surface area (Å²) >= 11 is 0. The van der Waals surface area contributed by atoms with Crippen molar-refractivity contribution in [2.45, 2.75) is 39.3 Å². The zero-order valence-corrected chi connectivity index (χ0v) is 20.8. The van der Waals surface area contributed by atoms with Gasteiger partial charge in [0.25, 0.3) is 0 Å². The summed E-state index contributed by atoms with van der Waals surface area (Å²) in [5, 5.41) is 9.35. The van der Waals surface area contributed by atoms with E-state index in [1.807, 2.05) is 12.1 Å². The fourth-order valence-electron chi connectivity index (χ4n) is 1.72. The Morgan fingerprint density at radius 2 is 1.38 bits per heavy atom. The molecule has 0 aliphatic heterocycles. The molecule has 0 radical (unpaired) electrons. The average molecular weight is 466 g/mol. The van der Waals surface area contributed by atoms with Gasteiger partial charge in [0.15, 0.2) is 8.24 Å². The van der Waals surface area contributed by atoms with Gasteiger partial charge in [-0.05, 0) is 25.7 Å². The molecular weight excluding hydrogens is 439 g/mol. The van der Waals surface area contributed by atoms with Gasteiger partial charge < -0.3 is 14.7 Å². The number of amidine groups is 1. The molecule has 24 heavy (non-hydrogen) atoms. The number of halogens is 3. The fraction of sp³-hybridized carbons (Fsp3) is 0.429. The molecule has 4 nitrogen and oxygen atoms in total. The summed E-state index contributed by atoms with van der Waals surface area (Å²) in [5.41, 5.74) is 0.986. The standard InChI is InChI=1S/C14H24N2O2Si2.3ClH.Ti/c1-19(2,3)15-13(16-20(4,5)6)11-9-7-8-10-12(11)14(17)18;;;;/h7-10H,1-6H3,(H,15,16)(H,17,18);3*1H;. The van der Waals surface area contributed by atoms with E-state index in [0.717, 1.165) is 5.84 Å². The fourth-order valence-corrected chi connectivity index (χ4v) is 3.58. The smallest absolute Gasteiger partial charge is 0.336 e. The van der Waals surface area contributed by atoms with Gasteiger partial charge in [0.1, 0.15) is 14.1 Å². The van der Waals surface area contributed by atoms with Gasteiger partial charge in [0.2, 0.25) is 0 Å². The predicted octanol–water partition coefficient (Wildman–Crippen LogP) is 4.65. The molecule has 0 unspecified atom stereocenters. The minimum Gasteiger partial charge on any atom is -0.478 e. The van der Waals surface area contributed by atoms with Crippen molar-refractivity contribution in [3.05, 3.63) is 35.4 Å². The first-order valence-electron chi connectivity index (χ1n) is 6.70. The van der Waals surface area contributed by atoms with Crippen molar-refractivity contribution < 1.29 is 31.6 Å². The van der Waals surface area contributed by atoms with Crippen molar-refractivity contribution >= 4 is 65.5 Å². The summed E-state index contributed by atoms with van der Waals surface area (Å²) in [5.74, 6) is -0.178. The number of carboxylic acids is 1. The van der Waals surface area contributed by atoms with Gasteiger partial charge in [-0.15, -0.1) is 37.2 Å². The Bertz CT molecular complexity index is 548. The minimum atomic E-state index is -1.71. The van der Waals surface area contributed by atoms with E-state index in [1.165, 1.54) is 0 Å². The third-order valence-electron chi connectivity index (χ3n) is 2.35. The van der Waals surface area contributed by atoms with Gasteiger partial charge in [0, 0.05) is 27.3 Å². The molecule has 1 aromatic carbocycles. The van der Waals surface area contributed by atoms with Crippen LogP contribution in [0.1, 0.15) is 15.9 Å². The summed E-state index contributed by atoms with van der Waals surface area (Å²) < 4.78 is 4.82. The molecule has 10 heteroatoms. The van der Waals surface area contributed by atoms with Crippen LogP contribution >= 0.6 is 37.2 Å². The van der Waals surface area contributed by atoms with Crippen LogP contribution in [-0.4, -0.2) is 33.4 Å². The molecule has 0 aromatic heterocycles. The first kappa shape index (κ1) is 31.9. The number of nitrogens with zero attached hydrogens (tertiary/aromatic N) is 1. The Hall–Kier alpha value is 0.178. The second-order valence-corrected chi connectivity index (χ2v) is 16.2. The maximum absolute atomic E-state index is 11.4. The summed E-state index contributed by atoms with van der Waals surface area (Å²) in [4.78, 5) is 14.9. The number of benzene rings is 1. The van der Waals surface area contributed by atoms with Gasteiger partial charge >= 0.3 is 5.97 Å². The van der Waals surface area contributed by atoms with Gasteiger partial charge in [0.05, 0.1) is 5.56 Å². The Labute approximate surface area is 180 Å². The van der Waals surface area contributed by atoms with E-state index < -0.39 is 22.4 Å². The molecule has 0 atom stereocenters. The summed E-state index contributed by atoms with van der Waals surface area (Å²) in [6, 6.07) is 7.06. The monoisotopic (exact) mass is 464 g/mol. The average Bonchev–Trinajstić information content (AvgIpc) is 2.24. The van der Waals surface area contributed by atoms with Crippen LogP contribution < -0.4 is 4.98 Å². The first-order valence-corrected chi connectivity index (χ1v) is 13.6. The molecule has 0 heterocycles. The Balaban J connectivity index is -0.000000500. The van der Waals surface area contributed by atoms with Crippen LogP contribution in [0.4, 0.5) is 0 Å². The molecule has 0 saturated carbocycles.